The summed E-state index contributed by atoms with van der Waals surface area (Å²) in [6, 6.07) is 10.1. The van der Waals surface area contributed by atoms with Gasteiger partial charge in [0.05, 0.1) is 6.04 Å². The fourth-order valence-electron chi connectivity index (χ4n) is 2.33. The number of nitrogens with one attached hydrogen (secondary N) is 1. The molecule has 0 heterocycles. The van der Waals surface area contributed by atoms with Gasteiger partial charge in [0.2, 0.25) is 0 Å². The third-order valence-corrected chi connectivity index (χ3v) is 4.21. The van der Waals surface area contributed by atoms with Crippen LogP contribution in [0.3, 0.4) is 0 Å². The van der Waals surface area contributed by atoms with Crippen molar-refractivity contribution in [2.45, 2.75) is 24.8 Å². The van der Waals surface area contributed by atoms with Gasteiger partial charge in [-0.1, -0.05) is 25.1 Å². The van der Waals surface area contributed by atoms with E-state index in [-0.39, 0.29) is 5.56 Å². The third-order valence-electron chi connectivity index (χ3n) is 3.47. The molecule has 0 radical (unpaired) electrons. The van der Waals surface area contributed by atoms with Crippen LogP contribution in [0.2, 0.25) is 0 Å². The predicted molar refractivity (Wildman–Crippen MR) is 84.8 cm³/mol. The highest BCUT2D eigenvalue weighted by Crippen LogP contribution is 2.29. The van der Waals surface area contributed by atoms with E-state index in [1.807, 2.05) is 37.4 Å². The molecular weight excluding hydrogens is 288 g/mol. The monoisotopic (exact) mass is 307 g/mol. The van der Waals surface area contributed by atoms with Crippen molar-refractivity contribution in [3.05, 3.63) is 64.7 Å². The Kier molecular flexibility index (Phi) is 5.37. The van der Waals surface area contributed by atoms with Crippen LogP contribution in [0.5, 0.6) is 0 Å². The number of thioether (sulfide) groups is 1. The maximum absolute atomic E-state index is 14.4. The number of aryl methyl sites for hydroxylation is 1. The van der Waals surface area contributed by atoms with Crippen molar-refractivity contribution in [1.29, 1.82) is 0 Å². The summed E-state index contributed by atoms with van der Waals surface area (Å²) in [4.78, 5) is 1.12. The second kappa shape index (κ2) is 7.05. The van der Waals surface area contributed by atoms with E-state index in [1.54, 1.807) is 18.7 Å². The molecule has 21 heavy (non-hydrogen) atoms. The Bertz CT molecular complexity index is 611. The van der Waals surface area contributed by atoms with Crippen LogP contribution in [0.25, 0.3) is 0 Å². The largest absolute Gasteiger partial charge is 0.306 e. The van der Waals surface area contributed by atoms with Crippen molar-refractivity contribution in [3.8, 4) is 0 Å². The lowest BCUT2D eigenvalue weighted by molar-refractivity contribution is 0.506. The Morgan fingerprint density at radius 3 is 2.33 bits per heavy atom. The van der Waals surface area contributed by atoms with Crippen LogP contribution in [-0.2, 0) is 0 Å². The Morgan fingerprint density at radius 2 is 1.76 bits per heavy atom. The molecule has 0 aliphatic rings. The summed E-state index contributed by atoms with van der Waals surface area (Å²) in [7, 11) is 0. The summed E-state index contributed by atoms with van der Waals surface area (Å²) in [5.74, 6) is -0.993. The lowest BCUT2D eigenvalue weighted by Crippen LogP contribution is -2.24. The Morgan fingerprint density at radius 1 is 1.10 bits per heavy atom. The number of benzene rings is 2. The normalized spacial score (nSPS) is 12.4. The Hall–Kier alpha value is -1.39. The van der Waals surface area contributed by atoms with Gasteiger partial charge >= 0.3 is 0 Å². The van der Waals surface area contributed by atoms with Gasteiger partial charge in [0.25, 0.3) is 0 Å². The quantitative estimate of drug-likeness (QED) is 0.804. The highest BCUT2D eigenvalue weighted by atomic mass is 32.2. The summed E-state index contributed by atoms with van der Waals surface area (Å²) in [5.41, 5.74) is 1.40. The minimum absolute atomic E-state index is 0.0914. The Labute approximate surface area is 128 Å². The standard InChI is InChI=1S/C17H19F2NS/c1-4-20-17(12-6-8-13(21-3)9-7-12)15-14(18)10-5-11(2)16(15)19/h5-10,17,20H,4H2,1-3H3. The number of rotatable bonds is 5. The molecular formula is C17H19F2NS. The second-order valence-electron chi connectivity index (χ2n) is 4.86. The average Bonchev–Trinajstić information content (AvgIpc) is 2.50. The molecule has 1 N–H and O–H groups in total. The molecule has 0 bridgehead atoms. The van der Waals surface area contributed by atoms with E-state index in [4.69, 9.17) is 0 Å². The van der Waals surface area contributed by atoms with Gasteiger partial charge in [0, 0.05) is 10.5 Å². The fourth-order valence-corrected chi connectivity index (χ4v) is 2.74. The summed E-state index contributed by atoms with van der Waals surface area (Å²) in [6.45, 7) is 4.20. The maximum Gasteiger partial charge on any atom is 0.134 e. The van der Waals surface area contributed by atoms with Gasteiger partial charge in [-0.25, -0.2) is 8.78 Å². The maximum atomic E-state index is 14.4. The number of halogens is 2. The van der Waals surface area contributed by atoms with Crippen molar-refractivity contribution in [2.75, 3.05) is 12.8 Å². The van der Waals surface area contributed by atoms with Gasteiger partial charge in [-0.05, 0) is 49.1 Å². The van der Waals surface area contributed by atoms with Crippen LogP contribution in [0.15, 0.2) is 41.3 Å². The zero-order valence-corrected chi connectivity index (χ0v) is 13.2. The first-order valence-corrected chi connectivity index (χ1v) is 8.12. The molecule has 2 aromatic rings. The second-order valence-corrected chi connectivity index (χ2v) is 5.74. The highest BCUT2D eigenvalue weighted by Gasteiger charge is 2.22. The van der Waals surface area contributed by atoms with Crippen molar-refractivity contribution < 1.29 is 8.78 Å². The van der Waals surface area contributed by atoms with E-state index in [0.717, 1.165) is 10.5 Å². The highest BCUT2D eigenvalue weighted by molar-refractivity contribution is 7.98. The first kappa shape index (κ1) is 16.0. The van der Waals surface area contributed by atoms with E-state index in [1.165, 1.54) is 12.1 Å². The van der Waals surface area contributed by atoms with E-state index in [0.29, 0.717) is 12.1 Å². The summed E-state index contributed by atoms with van der Waals surface area (Å²) < 4.78 is 28.5. The number of hydrogen-bond donors (Lipinski definition) is 1. The SMILES string of the molecule is CCNC(c1ccc(SC)cc1)c1c(F)ccc(C)c1F. The smallest absolute Gasteiger partial charge is 0.134 e. The zero-order chi connectivity index (χ0) is 15.4. The third kappa shape index (κ3) is 3.44. The molecule has 0 fully saturated rings. The van der Waals surface area contributed by atoms with E-state index >= 15 is 0 Å². The van der Waals surface area contributed by atoms with Crippen LogP contribution in [0.4, 0.5) is 8.78 Å². The van der Waals surface area contributed by atoms with Crippen molar-refractivity contribution >= 4 is 11.8 Å². The topological polar surface area (TPSA) is 12.0 Å². The van der Waals surface area contributed by atoms with Gasteiger partial charge in [0.1, 0.15) is 11.6 Å². The van der Waals surface area contributed by atoms with Gasteiger partial charge in [-0.15, -0.1) is 11.8 Å². The first-order valence-electron chi connectivity index (χ1n) is 6.90. The van der Waals surface area contributed by atoms with Gasteiger partial charge in [-0.3, -0.25) is 0 Å². The van der Waals surface area contributed by atoms with Crippen LogP contribution < -0.4 is 5.32 Å². The molecule has 0 aliphatic carbocycles. The van der Waals surface area contributed by atoms with Crippen LogP contribution in [-0.4, -0.2) is 12.8 Å². The molecule has 4 heteroatoms. The molecule has 2 aromatic carbocycles. The van der Waals surface area contributed by atoms with Gasteiger partial charge < -0.3 is 5.32 Å². The molecule has 0 aliphatic heterocycles. The van der Waals surface area contributed by atoms with Gasteiger partial charge in [0.15, 0.2) is 0 Å². The molecule has 1 unspecified atom stereocenters. The van der Waals surface area contributed by atoms with Crippen LogP contribution in [0.1, 0.15) is 29.7 Å². The fraction of sp³-hybridized carbons (Fsp3) is 0.294. The molecule has 0 aromatic heterocycles. The van der Waals surface area contributed by atoms with Crippen molar-refractivity contribution in [2.24, 2.45) is 0 Å². The first-order chi connectivity index (χ1) is 10.1. The van der Waals surface area contributed by atoms with Crippen LogP contribution in [0, 0.1) is 18.6 Å². The molecule has 0 saturated heterocycles. The molecule has 2 rings (SSSR count). The van der Waals surface area contributed by atoms with E-state index < -0.39 is 17.7 Å². The summed E-state index contributed by atoms with van der Waals surface area (Å²) in [5, 5.41) is 3.17. The van der Waals surface area contributed by atoms with Crippen molar-refractivity contribution in [3.63, 3.8) is 0 Å². The lowest BCUT2D eigenvalue weighted by Gasteiger charge is -2.21. The van der Waals surface area contributed by atoms with Crippen molar-refractivity contribution in [1.82, 2.24) is 5.32 Å². The molecule has 112 valence electrons. The van der Waals surface area contributed by atoms with E-state index in [2.05, 4.69) is 5.32 Å². The minimum Gasteiger partial charge on any atom is -0.306 e. The lowest BCUT2D eigenvalue weighted by atomic mass is 9.96. The number of hydrogen-bond acceptors (Lipinski definition) is 2. The molecule has 1 atom stereocenters. The molecule has 0 spiro atoms. The minimum atomic E-state index is -0.516. The predicted octanol–water partition coefficient (Wildman–Crippen LogP) is 4.69. The Balaban J connectivity index is 2.50. The zero-order valence-electron chi connectivity index (χ0n) is 12.4. The molecule has 1 nitrogen and oxygen atoms in total. The van der Waals surface area contributed by atoms with Gasteiger partial charge in [-0.2, -0.15) is 0 Å². The van der Waals surface area contributed by atoms with Crippen LogP contribution >= 0.6 is 11.8 Å². The summed E-state index contributed by atoms with van der Waals surface area (Å²) in [6.07, 6.45) is 2.00. The average molecular weight is 307 g/mol. The molecule has 0 saturated carbocycles. The summed E-state index contributed by atoms with van der Waals surface area (Å²) >= 11 is 1.64. The molecule has 0 amide bonds. The van der Waals surface area contributed by atoms with E-state index in [9.17, 15) is 8.78 Å².